The number of sulfonamides is 1. The lowest BCUT2D eigenvalue weighted by Crippen LogP contribution is -2.30. The summed E-state index contributed by atoms with van der Waals surface area (Å²) in [5.74, 6) is -0.681. The first kappa shape index (κ1) is 15.7. The van der Waals surface area contributed by atoms with E-state index >= 15 is 0 Å². The van der Waals surface area contributed by atoms with E-state index in [1.54, 1.807) is 30.3 Å². The molecule has 2 aromatic carbocycles. The predicted molar refractivity (Wildman–Crippen MR) is 83.1 cm³/mol. The zero-order valence-corrected chi connectivity index (χ0v) is 13.3. The van der Waals surface area contributed by atoms with Crippen molar-refractivity contribution >= 4 is 31.9 Å². The van der Waals surface area contributed by atoms with Gasteiger partial charge in [0.25, 0.3) is 15.9 Å². The lowest BCUT2D eigenvalue weighted by atomic mass is 10.2. The molecule has 7 heteroatoms. The number of amides is 1. The molecular formula is C14H13BrN2O3S. The van der Waals surface area contributed by atoms with Gasteiger partial charge in [0.15, 0.2) is 0 Å². The van der Waals surface area contributed by atoms with Crippen molar-refractivity contribution in [3.8, 4) is 0 Å². The summed E-state index contributed by atoms with van der Waals surface area (Å²) in [6.45, 7) is 0.324. The summed E-state index contributed by atoms with van der Waals surface area (Å²) >= 11 is 3.23. The van der Waals surface area contributed by atoms with Gasteiger partial charge < -0.3 is 5.73 Å². The first-order chi connectivity index (χ1) is 9.92. The van der Waals surface area contributed by atoms with Crippen molar-refractivity contribution in [2.75, 3.05) is 0 Å². The second-order valence-corrected chi connectivity index (χ2v) is 6.89. The second kappa shape index (κ2) is 6.38. The number of nitrogens with two attached hydrogens (primary N) is 1. The summed E-state index contributed by atoms with van der Waals surface area (Å²) < 4.78 is 27.0. The number of benzene rings is 2. The van der Waals surface area contributed by atoms with Crippen molar-refractivity contribution in [2.24, 2.45) is 5.73 Å². The standard InChI is InChI=1S/C14H13BrN2O3S/c15-12-3-1-2-11(8-12)14(18)17-21(19,20)13-6-4-10(9-16)5-7-13/h1-8H,9,16H2,(H,17,18). The number of hydrogen-bond acceptors (Lipinski definition) is 4. The van der Waals surface area contributed by atoms with Gasteiger partial charge in [0.2, 0.25) is 0 Å². The van der Waals surface area contributed by atoms with Crippen LogP contribution in [-0.4, -0.2) is 14.3 Å². The maximum atomic E-state index is 12.1. The smallest absolute Gasteiger partial charge is 0.265 e. The highest BCUT2D eigenvalue weighted by Gasteiger charge is 2.18. The maximum Gasteiger partial charge on any atom is 0.265 e. The molecular weight excluding hydrogens is 356 g/mol. The number of nitrogens with one attached hydrogen (secondary N) is 1. The third kappa shape index (κ3) is 3.90. The Morgan fingerprint density at radius 1 is 1.14 bits per heavy atom. The zero-order valence-electron chi connectivity index (χ0n) is 10.9. The molecule has 1 amide bonds. The number of carbonyl (C=O) groups excluding carboxylic acids is 1. The summed E-state index contributed by atoms with van der Waals surface area (Å²) in [6, 6.07) is 12.5. The van der Waals surface area contributed by atoms with Crippen molar-refractivity contribution in [1.29, 1.82) is 0 Å². The second-order valence-electron chi connectivity index (χ2n) is 4.29. The van der Waals surface area contributed by atoms with Crippen molar-refractivity contribution in [3.63, 3.8) is 0 Å². The Bertz CT molecular complexity index is 758. The van der Waals surface area contributed by atoms with E-state index in [9.17, 15) is 13.2 Å². The molecule has 0 bridgehead atoms. The third-order valence-corrected chi connectivity index (χ3v) is 4.62. The molecule has 0 unspecified atom stereocenters. The van der Waals surface area contributed by atoms with Crippen LogP contribution in [0.2, 0.25) is 0 Å². The van der Waals surface area contributed by atoms with Crippen LogP contribution >= 0.6 is 15.9 Å². The predicted octanol–water partition coefficient (Wildman–Crippen LogP) is 2.03. The molecule has 0 fully saturated rings. The van der Waals surface area contributed by atoms with Gasteiger partial charge in [-0.25, -0.2) is 13.1 Å². The van der Waals surface area contributed by atoms with E-state index in [4.69, 9.17) is 5.73 Å². The monoisotopic (exact) mass is 368 g/mol. The van der Waals surface area contributed by atoms with Gasteiger partial charge in [-0.3, -0.25) is 4.79 Å². The van der Waals surface area contributed by atoms with Gasteiger partial charge in [-0.1, -0.05) is 34.1 Å². The first-order valence-corrected chi connectivity index (χ1v) is 8.32. The largest absolute Gasteiger partial charge is 0.326 e. The number of carbonyl (C=O) groups is 1. The van der Waals surface area contributed by atoms with E-state index in [0.717, 1.165) is 5.56 Å². The van der Waals surface area contributed by atoms with E-state index in [0.29, 0.717) is 11.0 Å². The van der Waals surface area contributed by atoms with Gasteiger partial charge in [0, 0.05) is 16.6 Å². The number of rotatable bonds is 4. The highest BCUT2D eigenvalue weighted by molar-refractivity contribution is 9.10. The molecule has 0 atom stereocenters. The zero-order chi connectivity index (χ0) is 15.5. The Labute approximate surface area is 131 Å². The Balaban J connectivity index is 2.22. The molecule has 0 aliphatic carbocycles. The first-order valence-electron chi connectivity index (χ1n) is 6.04. The molecule has 110 valence electrons. The Morgan fingerprint density at radius 3 is 2.38 bits per heavy atom. The van der Waals surface area contributed by atoms with Crippen molar-refractivity contribution < 1.29 is 13.2 Å². The number of hydrogen-bond donors (Lipinski definition) is 2. The Kier molecular flexibility index (Phi) is 4.76. The van der Waals surface area contributed by atoms with E-state index < -0.39 is 15.9 Å². The van der Waals surface area contributed by atoms with Crippen LogP contribution in [0.5, 0.6) is 0 Å². The van der Waals surface area contributed by atoms with Crippen molar-refractivity contribution in [1.82, 2.24) is 4.72 Å². The fourth-order valence-corrected chi connectivity index (χ4v) is 3.05. The van der Waals surface area contributed by atoms with Gasteiger partial charge >= 0.3 is 0 Å². The quantitative estimate of drug-likeness (QED) is 0.863. The average molecular weight is 369 g/mol. The van der Waals surface area contributed by atoms with E-state index in [-0.39, 0.29) is 10.5 Å². The van der Waals surface area contributed by atoms with Gasteiger partial charge in [-0.15, -0.1) is 0 Å². The summed E-state index contributed by atoms with van der Waals surface area (Å²) in [5.41, 5.74) is 6.52. The van der Waals surface area contributed by atoms with Crippen LogP contribution in [0.3, 0.4) is 0 Å². The van der Waals surface area contributed by atoms with Crippen molar-refractivity contribution in [2.45, 2.75) is 11.4 Å². The fourth-order valence-electron chi connectivity index (χ4n) is 1.67. The van der Waals surface area contributed by atoms with E-state index in [2.05, 4.69) is 15.9 Å². The molecule has 0 aliphatic heterocycles. The highest BCUT2D eigenvalue weighted by atomic mass is 79.9. The topological polar surface area (TPSA) is 89.3 Å². The molecule has 0 radical (unpaired) electrons. The highest BCUT2D eigenvalue weighted by Crippen LogP contribution is 2.14. The van der Waals surface area contributed by atoms with Gasteiger partial charge in [-0.05, 0) is 35.9 Å². The van der Waals surface area contributed by atoms with Crippen LogP contribution < -0.4 is 10.5 Å². The van der Waals surface area contributed by atoms with Gasteiger partial charge in [-0.2, -0.15) is 0 Å². The normalized spacial score (nSPS) is 11.1. The third-order valence-electron chi connectivity index (χ3n) is 2.78. The van der Waals surface area contributed by atoms with E-state index in [1.165, 1.54) is 18.2 Å². The summed E-state index contributed by atoms with van der Waals surface area (Å²) in [7, 11) is -3.90. The van der Waals surface area contributed by atoms with Crippen LogP contribution in [0.4, 0.5) is 0 Å². The number of halogens is 1. The molecule has 3 N–H and O–H groups in total. The molecule has 5 nitrogen and oxygen atoms in total. The molecule has 0 aromatic heterocycles. The average Bonchev–Trinajstić information content (AvgIpc) is 2.47. The lowest BCUT2D eigenvalue weighted by Gasteiger charge is -2.08. The van der Waals surface area contributed by atoms with Crippen LogP contribution in [0.1, 0.15) is 15.9 Å². The van der Waals surface area contributed by atoms with E-state index in [1.807, 2.05) is 4.72 Å². The molecule has 0 spiro atoms. The Hall–Kier alpha value is -1.70. The van der Waals surface area contributed by atoms with Crippen LogP contribution in [0, 0.1) is 0 Å². The van der Waals surface area contributed by atoms with Gasteiger partial charge in [0.05, 0.1) is 4.90 Å². The van der Waals surface area contributed by atoms with Crippen LogP contribution in [-0.2, 0) is 16.6 Å². The minimum Gasteiger partial charge on any atom is -0.326 e. The Morgan fingerprint density at radius 2 is 1.81 bits per heavy atom. The lowest BCUT2D eigenvalue weighted by molar-refractivity contribution is 0.0981. The molecule has 0 aliphatic rings. The van der Waals surface area contributed by atoms with Crippen molar-refractivity contribution in [3.05, 3.63) is 64.1 Å². The molecule has 2 aromatic rings. The van der Waals surface area contributed by atoms with Crippen LogP contribution in [0.15, 0.2) is 57.9 Å². The molecule has 21 heavy (non-hydrogen) atoms. The SMILES string of the molecule is NCc1ccc(S(=O)(=O)NC(=O)c2cccc(Br)c2)cc1. The summed E-state index contributed by atoms with van der Waals surface area (Å²) in [6.07, 6.45) is 0. The summed E-state index contributed by atoms with van der Waals surface area (Å²) in [4.78, 5) is 12.0. The van der Waals surface area contributed by atoms with Crippen LogP contribution in [0.25, 0.3) is 0 Å². The van der Waals surface area contributed by atoms with Gasteiger partial charge in [0.1, 0.15) is 0 Å². The minimum atomic E-state index is -3.90. The summed E-state index contributed by atoms with van der Waals surface area (Å²) in [5, 5.41) is 0. The fraction of sp³-hybridized carbons (Fsp3) is 0.0714. The minimum absolute atomic E-state index is 0.0167. The molecule has 0 saturated carbocycles. The molecule has 2 rings (SSSR count). The molecule has 0 saturated heterocycles. The maximum absolute atomic E-state index is 12.1. The molecule has 0 heterocycles.